The Balaban J connectivity index is 1.99. The standard InChI is InChI=1S/C30H39NO5/c1-20(15-16-26-22(3)12-9-17-30(26,5)6)10-7-11-21(2)18-27(34)31-28(23(4)32)29(35)36-25-14-8-13-24(33)19-25/h7-8,10-11,13-16,18-19,23,28,32-33H,9,12,17H2,1-6H3,(H,31,34)/b11-7+,16-15+,20-10+,21-18+. The average molecular weight is 494 g/mol. The van der Waals surface area contributed by atoms with Gasteiger partial charge in [0.2, 0.25) is 5.91 Å². The van der Waals surface area contributed by atoms with Gasteiger partial charge in [-0.1, -0.05) is 61.4 Å². The molecule has 0 spiro atoms. The van der Waals surface area contributed by atoms with Gasteiger partial charge in [0.05, 0.1) is 6.10 Å². The number of carbonyl (C=O) groups excluding carboxylic acids is 2. The maximum atomic E-state index is 12.4. The van der Waals surface area contributed by atoms with Crippen molar-refractivity contribution in [3.8, 4) is 11.5 Å². The molecule has 36 heavy (non-hydrogen) atoms. The van der Waals surface area contributed by atoms with E-state index in [1.807, 2.05) is 19.1 Å². The Hall–Kier alpha value is -3.38. The molecule has 194 valence electrons. The fourth-order valence-electron chi connectivity index (χ4n) is 4.19. The van der Waals surface area contributed by atoms with Crippen LogP contribution in [-0.2, 0) is 9.59 Å². The van der Waals surface area contributed by atoms with Gasteiger partial charge in [-0.25, -0.2) is 4.79 Å². The molecule has 0 aliphatic heterocycles. The van der Waals surface area contributed by atoms with E-state index in [4.69, 9.17) is 4.74 Å². The number of rotatable bonds is 9. The van der Waals surface area contributed by atoms with Crippen molar-refractivity contribution in [2.24, 2.45) is 5.41 Å². The zero-order valence-electron chi connectivity index (χ0n) is 22.2. The molecule has 2 unspecified atom stereocenters. The molecule has 0 heterocycles. The Morgan fingerprint density at radius 2 is 1.89 bits per heavy atom. The number of hydrogen-bond donors (Lipinski definition) is 3. The summed E-state index contributed by atoms with van der Waals surface area (Å²) in [5.41, 5.74) is 4.83. The molecule has 1 aromatic rings. The number of benzene rings is 1. The first-order valence-electron chi connectivity index (χ1n) is 12.3. The monoisotopic (exact) mass is 493 g/mol. The maximum absolute atomic E-state index is 12.4. The molecule has 0 bridgehead atoms. The van der Waals surface area contributed by atoms with Gasteiger partial charge in [0, 0.05) is 12.1 Å². The summed E-state index contributed by atoms with van der Waals surface area (Å²) in [5.74, 6) is -1.31. The number of phenols is 1. The van der Waals surface area contributed by atoms with Crippen LogP contribution in [-0.4, -0.2) is 34.2 Å². The van der Waals surface area contributed by atoms with Crippen molar-refractivity contribution >= 4 is 11.9 Å². The third kappa shape index (κ3) is 9.00. The maximum Gasteiger partial charge on any atom is 0.336 e. The zero-order chi connectivity index (χ0) is 26.9. The molecule has 6 heteroatoms. The fraction of sp³-hybridized carbons (Fsp3) is 0.400. The van der Waals surface area contributed by atoms with E-state index in [1.165, 1.54) is 61.3 Å². The van der Waals surface area contributed by atoms with Gasteiger partial charge in [-0.3, -0.25) is 4.79 Å². The van der Waals surface area contributed by atoms with Crippen LogP contribution < -0.4 is 10.1 Å². The minimum Gasteiger partial charge on any atom is -0.508 e. The number of ether oxygens (including phenoxy) is 1. The molecule has 1 aromatic carbocycles. The van der Waals surface area contributed by atoms with E-state index >= 15 is 0 Å². The molecule has 1 aliphatic rings. The first-order valence-corrected chi connectivity index (χ1v) is 12.3. The Morgan fingerprint density at radius 1 is 1.17 bits per heavy atom. The van der Waals surface area contributed by atoms with Crippen molar-refractivity contribution in [1.29, 1.82) is 0 Å². The van der Waals surface area contributed by atoms with Gasteiger partial charge in [0.25, 0.3) is 0 Å². The van der Waals surface area contributed by atoms with Crippen LogP contribution in [0.5, 0.6) is 11.5 Å². The molecule has 0 saturated heterocycles. The summed E-state index contributed by atoms with van der Waals surface area (Å²) in [6.45, 7) is 12.0. The van der Waals surface area contributed by atoms with Crippen molar-refractivity contribution in [2.45, 2.75) is 73.0 Å². The summed E-state index contributed by atoms with van der Waals surface area (Å²) in [6.07, 6.45) is 13.8. The minimum absolute atomic E-state index is 0.0620. The lowest BCUT2D eigenvalue weighted by Gasteiger charge is -2.32. The topological polar surface area (TPSA) is 95.9 Å². The van der Waals surface area contributed by atoms with Crippen LogP contribution in [0.15, 0.2) is 83.0 Å². The van der Waals surface area contributed by atoms with Crippen LogP contribution in [0.4, 0.5) is 0 Å². The lowest BCUT2D eigenvalue weighted by molar-refractivity contribution is -0.141. The van der Waals surface area contributed by atoms with E-state index in [9.17, 15) is 19.8 Å². The molecular formula is C30H39NO5. The molecular weight excluding hydrogens is 454 g/mol. The molecule has 0 saturated carbocycles. The van der Waals surface area contributed by atoms with Gasteiger partial charge < -0.3 is 20.3 Å². The van der Waals surface area contributed by atoms with Crippen molar-refractivity contribution in [1.82, 2.24) is 5.32 Å². The number of phenolic OH excluding ortho intramolecular Hbond substituents is 1. The van der Waals surface area contributed by atoms with E-state index in [2.05, 4.69) is 38.2 Å². The summed E-state index contributed by atoms with van der Waals surface area (Å²) in [4.78, 5) is 24.9. The summed E-state index contributed by atoms with van der Waals surface area (Å²) >= 11 is 0. The van der Waals surface area contributed by atoms with Gasteiger partial charge in [0.15, 0.2) is 6.04 Å². The Labute approximate surface area is 214 Å². The number of aliphatic hydroxyl groups is 1. The quantitative estimate of drug-likeness (QED) is 0.178. The van der Waals surface area contributed by atoms with Gasteiger partial charge in [0.1, 0.15) is 11.5 Å². The lowest BCUT2D eigenvalue weighted by atomic mass is 9.72. The van der Waals surface area contributed by atoms with Gasteiger partial charge >= 0.3 is 5.97 Å². The molecule has 1 aliphatic carbocycles. The van der Waals surface area contributed by atoms with Crippen molar-refractivity contribution in [3.63, 3.8) is 0 Å². The highest BCUT2D eigenvalue weighted by Crippen LogP contribution is 2.40. The number of amides is 1. The zero-order valence-corrected chi connectivity index (χ0v) is 22.2. The first-order chi connectivity index (χ1) is 16.9. The van der Waals surface area contributed by atoms with Gasteiger partial charge in [-0.05, 0) is 75.7 Å². The molecule has 6 nitrogen and oxygen atoms in total. The Morgan fingerprint density at radius 3 is 2.53 bits per heavy atom. The summed E-state index contributed by atoms with van der Waals surface area (Å²) < 4.78 is 5.18. The van der Waals surface area contributed by atoms with Crippen LogP contribution in [0.3, 0.4) is 0 Å². The first kappa shape index (κ1) is 28.9. The predicted molar refractivity (Wildman–Crippen MR) is 143 cm³/mol. The second-order valence-electron chi connectivity index (χ2n) is 10.1. The van der Waals surface area contributed by atoms with Crippen LogP contribution >= 0.6 is 0 Å². The van der Waals surface area contributed by atoms with Gasteiger partial charge in [-0.15, -0.1) is 0 Å². The summed E-state index contributed by atoms with van der Waals surface area (Å²) in [7, 11) is 0. The smallest absolute Gasteiger partial charge is 0.336 e. The SMILES string of the molecule is CC1=C(/C=C/C(C)=C/C=C/C(C)=C/C(=O)NC(C(=O)Oc2cccc(O)c2)C(C)O)C(C)(C)CCC1. The molecule has 0 aromatic heterocycles. The number of carbonyl (C=O) groups is 2. The molecule has 0 fully saturated rings. The number of esters is 1. The molecule has 3 N–H and O–H groups in total. The Kier molecular flexibility index (Phi) is 10.5. The summed E-state index contributed by atoms with van der Waals surface area (Å²) in [5, 5.41) is 22.0. The van der Waals surface area contributed by atoms with Crippen molar-refractivity contribution in [2.75, 3.05) is 0 Å². The van der Waals surface area contributed by atoms with E-state index in [1.54, 1.807) is 13.0 Å². The molecule has 1 amide bonds. The minimum atomic E-state index is -1.26. The molecule has 2 atom stereocenters. The Bertz CT molecular complexity index is 1100. The van der Waals surface area contributed by atoms with E-state index < -0.39 is 24.0 Å². The third-order valence-electron chi connectivity index (χ3n) is 6.20. The largest absolute Gasteiger partial charge is 0.508 e. The highest BCUT2D eigenvalue weighted by molar-refractivity contribution is 5.93. The van der Waals surface area contributed by atoms with E-state index in [0.29, 0.717) is 5.57 Å². The number of allylic oxidation sites excluding steroid dienone is 9. The third-order valence-corrected chi connectivity index (χ3v) is 6.20. The lowest BCUT2D eigenvalue weighted by Crippen LogP contribution is -2.49. The normalized spacial score (nSPS) is 18.4. The molecule has 2 rings (SSSR count). The predicted octanol–water partition coefficient (Wildman–Crippen LogP) is 5.69. The molecule has 0 radical (unpaired) electrons. The highest BCUT2D eigenvalue weighted by atomic mass is 16.5. The fourth-order valence-corrected chi connectivity index (χ4v) is 4.19. The van der Waals surface area contributed by atoms with Crippen LogP contribution in [0.1, 0.15) is 60.8 Å². The average Bonchev–Trinajstić information content (AvgIpc) is 2.76. The second kappa shape index (κ2) is 13.1. The van der Waals surface area contributed by atoms with E-state index in [-0.39, 0.29) is 16.9 Å². The number of hydrogen-bond acceptors (Lipinski definition) is 5. The van der Waals surface area contributed by atoms with Crippen molar-refractivity contribution in [3.05, 3.63) is 83.0 Å². The number of nitrogens with one attached hydrogen (secondary N) is 1. The number of aliphatic hydroxyl groups excluding tert-OH is 1. The summed E-state index contributed by atoms with van der Waals surface area (Å²) in [6, 6.07) is 4.46. The van der Waals surface area contributed by atoms with Gasteiger partial charge in [-0.2, -0.15) is 0 Å². The van der Waals surface area contributed by atoms with Crippen LogP contribution in [0.2, 0.25) is 0 Å². The van der Waals surface area contributed by atoms with Crippen LogP contribution in [0, 0.1) is 5.41 Å². The van der Waals surface area contributed by atoms with Crippen molar-refractivity contribution < 1.29 is 24.5 Å². The highest BCUT2D eigenvalue weighted by Gasteiger charge is 2.28. The van der Waals surface area contributed by atoms with Crippen LogP contribution in [0.25, 0.3) is 0 Å². The number of aromatic hydroxyl groups is 1. The van der Waals surface area contributed by atoms with E-state index in [0.717, 1.165) is 12.0 Å². The second-order valence-corrected chi connectivity index (χ2v) is 10.1.